The predicted molar refractivity (Wildman–Crippen MR) is 50.3 cm³/mol. The van der Waals surface area contributed by atoms with Crippen LogP contribution in [0, 0.1) is 0 Å². The maximum Gasteiger partial charge on any atom is 0.142 e. The van der Waals surface area contributed by atoms with Gasteiger partial charge in [-0.1, -0.05) is 0 Å². The Morgan fingerprint density at radius 2 is 2.31 bits per heavy atom. The quantitative estimate of drug-likeness (QED) is 0.715. The molecule has 0 saturated heterocycles. The average molecular weight is 177 g/mol. The summed E-state index contributed by atoms with van der Waals surface area (Å²) in [6.45, 7) is 0. The summed E-state index contributed by atoms with van der Waals surface area (Å²) in [6, 6.07) is 0. The number of aromatic amines is 1. The van der Waals surface area contributed by atoms with Crippen LogP contribution in [0.25, 0.3) is 11.4 Å². The summed E-state index contributed by atoms with van der Waals surface area (Å²) in [4.78, 5) is 7.32. The van der Waals surface area contributed by atoms with Crippen LogP contribution in [0.5, 0.6) is 0 Å². The van der Waals surface area contributed by atoms with Crippen molar-refractivity contribution in [1.82, 2.24) is 19.7 Å². The van der Waals surface area contributed by atoms with Crippen LogP contribution < -0.4 is 5.32 Å². The number of nitrogens with one attached hydrogen (secondary N) is 2. The van der Waals surface area contributed by atoms with E-state index >= 15 is 0 Å². The number of H-pyrrole nitrogens is 1. The van der Waals surface area contributed by atoms with Crippen molar-refractivity contribution < 1.29 is 0 Å². The number of aromatic nitrogens is 4. The van der Waals surface area contributed by atoms with Crippen molar-refractivity contribution in [3.63, 3.8) is 0 Å². The van der Waals surface area contributed by atoms with E-state index in [9.17, 15) is 0 Å². The minimum absolute atomic E-state index is 0.831. The van der Waals surface area contributed by atoms with Crippen molar-refractivity contribution in [2.24, 2.45) is 7.05 Å². The van der Waals surface area contributed by atoms with Gasteiger partial charge in [-0.15, -0.1) is 0 Å². The number of anilines is 1. The molecule has 0 atom stereocenters. The molecule has 0 spiro atoms. The second-order valence-corrected chi connectivity index (χ2v) is 2.80. The predicted octanol–water partition coefficient (Wildman–Crippen LogP) is 0.852. The lowest BCUT2D eigenvalue weighted by molar-refractivity contribution is 0.768. The standard InChI is InChI=1S/C8H11N5/c1-9-7-4-10-8(12-7)6-3-11-13(2)5-6/h3-5,9H,1-2H3,(H,10,12). The molecule has 5 nitrogen and oxygen atoms in total. The van der Waals surface area contributed by atoms with Gasteiger partial charge in [0.05, 0.1) is 18.0 Å². The second-order valence-electron chi connectivity index (χ2n) is 2.80. The van der Waals surface area contributed by atoms with Gasteiger partial charge < -0.3 is 10.3 Å². The Hall–Kier alpha value is -1.78. The molecule has 0 aliphatic carbocycles. The van der Waals surface area contributed by atoms with E-state index in [0.29, 0.717) is 0 Å². The molecule has 0 unspecified atom stereocenters. The molecule has 2 aromatic rings. The van der Waals surface area contributed by atoms with Gasteiger partial charge in [-0.25, -0.2) is 4.98 Å². The highest BCUT2D eigenvalue weighted by Gasteiger charge is 2.03. The molecule has 0 saturated carbocycles. The molecule has 0 amide bonds. The highest BCUT2D eigenvalue weighted by Crippen LogP contribution is 2.15. The van der Waals surface area contributed by atoms with Crippen molar-refractivity contribution >= 4 is 5.82 Å². The van der Waals surface area contributed by atoms with Crippen LogP contribution in [0.3, 0.4) is 0 Å². The Balaban J connectivity index is 2.35. The Kier molecular flexibility index (Phi) is 1.77. The summed E-state index contributed by atoms with van der Waals surface area (Å²) in [7, 11) is 3.73. The SMILES string of the molecule is CNc1cnc(-c2cnn(C)c2)[nH]1. The monoisotopic (exact) mass is 177 g/mol. The first-order valence-corrected chi connectivity index (χ1v) is 4.01. The first kappa shape index (κ1) is 7.85. The number of rotatable bonds is 2. The van der Waals surface area contributed by atoms with E-state index in [1.165, 1.54) is 0 Å². The number of hydrogen-bond acceptors (Lipinski definition) is 3. The van der Waals surface area contributed by atoms with Gasteiger partial charge in [-0.05, 0) is 0 Å². The van der Waals surface area contributed by atoms with Crippen LogP contribution in [-0.4, -0.2) is 26.8 Å². The molecule has 2 rings (SSSR count). The lowest BCUT2D eigenvalue weighted by Crippen LogP contribution is -1.86. The zero-order valence-electron chi connectivity index (χ0n) is 7.57. The Bertz CT molecular complexity index is 400. The fraction of sp³-hybridized carbons (Fsp3) is 0.250. The van der Waals surface area contributed by atoms with E-state index in [4.69, 9.17) is 0 Å². The van der Waals surface area contributed by atoms with Gasteiger partial charge >= 0.3 is 0 Å². The summed E-state index contributed by atoms with van der Waals surface area (Å²) in [5.74, 6) is 1.73. The van der Waals surface area contributed by atoms with Crippen LogP contribution in [0.15, 0.2) is 18.6 Å². The highest BCUT2D eigenvalue weighted by molar-refractivity contribution is 5.55. The van der Waals surface area contributed by atoms with Gasteiger partial charge in [0.15, 0.2) is 0 Å². The summed E-state index contributed by atoms with van der Waals surface area (Å²) in [5.41, 5.74) is 0.990. The molecule has 0 aliphatic heterocycles. The molecular weight excluding hydrogens is 166 g/mol. The lowest BCUT2D eigenvalue weighted by atomic mass is 10.3. The van der Waals surface area contributed by atoms with E-state index in [1.807, 2.05) is 20.3 Å². The van der Waals surface area contributed by atoms with Crippen molar-refractivity contribution in [1.29, 1.82) is 0 Å². The van der Waals surface area contributed by atoms with Crippen molar-refractivity contribution in [2.45, 2.75) is 0 Å². The summed E-state index contributed by atoms with van der Waals surface area (Å²) >= 11 is 0. The van der Waals surface area contributed by atoms with Crippen molar-refractivity contribution in [3.05, 3.63) is 18.6 Å². The van der Waals surface area contributed by atoms with Gasteiger partial charge in [-0.2, -0.15) is 5.10 Å². The van der Waals surface area contributed by atoms with Crippen LogP contribution in [-0.2, 0) is 7.05 Å². The summed E-state index contributed by atoms with van der Waals surface area (Å²) < 4.78 is 1.75. The molecule has 0 aliphatic rings. The maximum absolute atomic E-state index is 4.20. The molecule has 0 fully saturated rings. The molecule has 13 heavy (non-hydrogen) atoms. The molecule has 2 N–H and O–H groups in total. The van der Waals surface area contributed by atoms with Gasteiger partial charge in [-0.3, -0.25) is 4.68 Å². The van der Waals surface area contributed by atoms with E-state index < -0.39 is 0 Å². The molecule has 68 valence electrons. The largest absolute Gasteiger partial charge is 0.373 e. The first-order valence-electron chi connectivity index (χ1n) is 4.01. The van der Waals surface area contributed by atoms with Crippen molar-refractivity contribution in [2.75, 3.05) is 12.4 Å². The molecule has 0 bridgehead atoms. The van der Waals surface area contributed by atoms with Crippen LogP contribution in [0.1, 0.15) is 0 Å². The van der Waals surface area contributed by atoms with Gasteiger partial charge in [0.2, 0.25) is 0 Å². The molecular formula is C8H11N5. The van der Waals surface area contributed by atoms with Crippen LogP contribution in [0.4, 0.5) is 5.82 Å². The van der Waals surface area contributed by atoms with E-state index in [1.54, 1.807) is 17.1 Å². The lowest BCUT2D eigenvalue weighted by Gasteiger charge is -1.91. The fourth-order valence-electron chi connectivity index (χ4n) is 1.14. The van der Waals surface area contributed by atoms with Crippen LogP contribution in [0.2, 0.25) is 0 Å². The smallest absolute Gasteiger partial charge is 0.142 e. The Morgan fingerprint density at radius 3 is 2.85 bits per heavy atom. The zero-order valence-corrected chi connectivity index (χ0v) is 7.57. The van der Waals surface area contributed by atoms with E-state index in [0.717, 1.165) is 17.2 Å². The topological polar surface area (TPSA) is 58.5 Å². The van der Waals surface area contributed by atoms with Gasteiger partial charge in [0.1, 0.15) is 11.6 Å². The molecule has 2 heterocycles. The third-order valence-corrected chi connectivity index (χ3v) is 1.82. The van der Waals surface area contributed by atoms with Crippen LogP contribution >= 0.6 is 0 Å². The third kappa shape index (κ3) is 1.40. The number of nitrogens with zero attached hydrogens (tertiary/aromatic N) is 3. The normalized spacial score (nSPS) is 10.3. The summed E-state index contributed by atoms with van der Waals surface area (Å²) in [5, 5.41) is 7.04. The Morgan fingerprint density at radius 1 is 1.46 bits per heavy atom. The fourth-order valence-corrected chi connectivity index (χ4v) is 1.14. The van der Waals surface area contributed by atoms with Gasteiger partial charge in [0, 0.05) is 20.3 Å². The molecule has 0 aromatic carbocycles. The maximum atomic E-state index is 4.20. The van der Waals surface area contributed by atoms with E-state index in [-0.39, 0.29) is 0 Å². The van der Waals surface area contributed by atoms with E-state index in [2.05, 4.69) is 20.4 Å². The number of hydrogen-bond donors (Lipinski definition) is 2. The first-order chi connectivity index (χ1) is 6.29. The Labute approximate surface area is 75.8 Å². The molecule has 0 radical (unpaired) electrons. The number of aryl methyl sites for hydroxylation is 1. The minimum Gasteiger partial charge on any atom is -0.373 e. The van der Waals surface area contributed by atoms with Gasteiger partial charge in [0.25, 0.3) is 0 Å². The van der Waals surface area contributed by atoms with Crippen molar-refractivity contribution in [3.8, 4) is 11.4 Å². The number of imidazole rings is 1. The third-order valence-electron chi connectivity index (χ3n) is 1.82. The highest BCUT2D eigenvalue weighted by atomic mass is 15.2. The zero-order chi connectivity index (χ0) is 9.26. The molecule has 5 heteroatoms. The summed E-state index contributed by atoms with van der Waals surface area (Å²) in [6.07, 6.45) is 5.44. The molecule has 2 aromatic heterocycles. The second kappa shape index (κ2) is 2.93. The average Bonchev–Trinajstić information content (AvgIpc) is 2.71. The minimum atomic E-state index is 0.831.